The molecule has 0 spiro atoms. The third-order valence-corrected chi connectivity index (χ3v) is 4.17. The largest absolute Gasteiger partial charge is 0.482 e. The maximum atomic E-state index is 12.3. The molecule has 2 aromatic rings. The van der Waals surface area contributed by atoms with E-state index in [0.29, 0.717) is 10.7 Å². The number of benzene rings is 2. The normalized spacial score (nSPS) is 13.0. The Morgan fingerprint density at radius 3 is 2.77 bits per heavy atom. The van der Waals surface area contributed by atoms with Gasteiger partial charge in [0.15, 0.2) is 6.61 Å². The summed E-state index contributed by atoms with van der Waals surface area (Å²) in [4.78, 5) is 36.0. The van der Waals surface area contributed by atoms with Gasteiger partial charge in [0, 0.05) is 17.2 Å². The third-order valence-electron chi connectivity index (χ3n) is 3.60. The lowest BCUT2D eigenvalue weighted by molar-refractivity contribution is -0.384. The first-order valence-corrected chi connectivity index (χ1v) is 8.07. The first kappa shape index (κ1) is 18.0. The molecular weight excluding hydrogens is 385 g/mol. The van der Waals surface area contributed by atoms with E-state index in [1.807, 2.05) is 0 Å². The SMILES string of the molecule is O=C(CN1C(=O)COc2ccc([N+](=O)[O-])cc21)Nc1cc(Cl)ccc1Cl. The summed E-state index contributed by atoms with van der Waals surface area (Å²) in [5.41, 5.74) is 0.234. The molecule has 3 rings (SSSR count). The summed E-state index contributed by atoms with van der Waals surface area (Å²) in [6.07, 6.45) is 0. The van der Waals surface area contributed by atoms with E-state index in [1.54, 1.807) is 6.07 Å². The van der Waals surface area contributed by atoms with Gasteiger partial charge in [-0.3, -0.25) is 24.6 Å². The molecule has 1 aliphatic heterocycles. The Morgan fingerprint density at radius 2 is 2.04 bits per heavy atom. The zero-order valence-electron chi connectivity index (χ0n) is 13.1. The minimum Gasteiger partial charge on any atom is -0.482 e. The molecule has 0 saturated carbocycles. The number of carbonyl (C=O) groups excluding carboxylic acids is 2. The molecule has 10 heteroatoms. The highest BCUT2D eigenvalue weighted by Crippen LogP contribution is 2.35. The van der Waals surface area contributed by atoms with Gasteiger partial charge in [0.05, 0.1) is 21.3 Å². The van der Waals surface area contributed by atoms with Gasteiger partial charge in [0.2, 0.25) is 5.91 Å². The first-order chi connectivity index (χ1) is 12.3. The molecule has 0 aromatic heterocycles. The fourth-order valence-electron chi connectivity index (χ4n) is 2.40. The van der Waals surface area contributed by atoms with Gasteiger partial charge >= 0.3 is 0 Å². The van der Waals surface area contributed by atoms with Crippen molar-refractivity contribution in [1.82, 2.24) is 0 Å². The molecule has 26 heavy (non-hydrogen) atoms. The molecule has 0 saturated heterocycles. The average Bonchev–Trinajstić information content (AvgIpc) is 2.60. The summed E-state index contributed by atoms with van der Waals surface area (Å²) >= 11 is 11.9. The smallest absolute Gasteiger partial charge is 0.271 e. The van der Waals surface area contributed by atoms with Gasteiger partial charge in [-0.15, -0.1) is 0 Å². The second-order valence-electron chi connectivity index (χ2n) is 5.35. The number of nitrogens with zero attached hydrogens (tertiary/aromatic N) is 2. The van der Waals surface area contributed by atoms with Crippen LogP contribution in [0.25, 0.3) is 0 Å². The van der Waals surface area contributed by atoms with Crippen molar-refractivity contribution in [3.8, 4) is 5.75 Å². The van der Waals surface area contributed by atoms with Crippen LogP contribution in [0.1, 0.15) is 0 Å². The van der Waals surface area contributed by atoms with E-state index in [-0.39, 0.29) is 35.3 Å². The highest BCUT2D eigenvalue weighted by Gasteiger charge is 2.29. The van der Waals surface area contributed by atoms with Crippen molar-refractivity contribution in [1.29, 1.82) is 0 Å². The lowest BCUT2D eigenvalue weighted by Crippen LogP contribution is -2.43. The quantitative estimate of drug-likeness (QED) is 0.632. The summed E-state index contributed by atoms with van der Waals surface area (Å²) in [7, 11) is 0. The van der Waals surface area contributed by atoms with Crippen LogP contribution in [0.2, 0.25) is 10.0 Å². The Labute approximate surface area is 157 Å². The Kier molecular flexibility index (Phi) is 4.97. The summed E-state index contributed by atoms with van der Waals surface area (Å²) in [6, 6.07) is 8.41. The second-order valence-corrected chi connectivity index (χ2v) is 6.19. The lowest BCUT2D eigenvalue weighted by atomic mass is 10.2. The molecule has 0 atom stereocenters. The highest BCUT2D eigenvalue weighted by atomic mass is 35.5. The molecule has 8 nitrogen and oxygen atoms in total. The lowest BCUT2D eigenvalue weighted by Gasteiger charge is -2.28. The van der Waals surface area contributed by atoms with Crippen LogP contribution >= 0.6 is 23.2 Å². The van der Waals surface area contributed by atoms with E-state index >= 15 is 0 Å². The van der Waals surface area contributed by atoms with Gasteiger partial charge in [-0.2, -0.15) is 0 Å². The Morgan fingerprint density at radius 1 is 1.27 bits per heavy atom. The Hall–Kier alpha value is -2.84. The van der Waals surface area contributed by atoms with Crippen LogP contribution in [0, 0.1) is 10.1 Å². The van der Waals surface area contributed by atoms with Gasteiger partial charge in [-0.25, -0.2) is 0 Å². The maximum absolute atomic E-state index is 12.3. The number of nitrogens with one attached hydrogen (secondary N) is 1. The number of fused-ring (bicyclic) bond motifs is 1. The second kappa shape index (κ2) is 7.19. The summed E-state index contributed by atoms with van der Waals surface area (Å²) < 4.78 is 5.25. The van der Waals surface area contributed by atoms with Crippen molar-refractivity contribution in [3.05, 3.63) is 56.6 Å². The predicted molar refractivity (Wildman–Crippen MR) is 96.0 cm³/mol. The van der Waals surface area contributed by atoms with Crippen molar-refractivity contribution in [2.45, 2.75) is 0 Å². The number of halogens is 2. The molecular formula is C16H11Cl2N3O5. The number of rotatable bonds is 4. The number of nitro groups is 1. The third kappa shape index (κ3) is 3.71. The van der Waals surface area contributed by atoms with Crippen molar-refractivity contribution in [3.63, 3.8) is 0 Å². The molecule has 1 aliphatic rings. The zero-order chi connectivity index (χ0) is 18.8. The maximum Gasteiger partial charge on any atom is 0.271 e. The van der Waals surface area contributed by atoms with Crippen LogP contribution in [0.5, 0.6) is 5.75 Å². The topological polar surface area (TPSA) is 102 Å². The minimum atomic E-state index is -0.594. The molecule has 0 radical (unpaired) electrons. The molecule has 1 N–H and O–H groups in total. The van der Waals surface area contributed by atoms with E-state index in [2.05, 4.69) is 5.32 Å². The summed E-state index contributed by atoms with van der Waals surface area (Å²) in [5, 5.41) is 14.2. The van der Waals surface area contributed by atoms with Crippen LogP contribution in [0.3, 0.4) is 0 Å². The van der Waals surface area contributed by atoms with Gasteiger partial charge in [-0.05, 0) is 24.3 Å². The Balaban J connectivity index is 1.84. The van der Waals surface area contributed by atoms with Gasteiger partial charge in [-0.1, -0.05) is 23.2 Å². The molecule has 134 valence electrons. The average molecular weight is 396 g/mol. The number of hydrogen-bond acceptors (Lipinski definition) is 5. The minimum absolute atomic E-state index is 0.155. The number of hydrogen-bond donors (Lipinski definition) is 1. The molecule has 0 aliphatic carbocycles. The van der Waals surface area contributed by atoms with Crippen LogP contribution in [0.4, 0.5) is 17.1 Å². The van der Waals surface area contributed by atoms with E-state index in [9.17, 15) is 19.7 Å². The van der Waals surface area contributed by atoms with Crippen LogP contribution in [-0.4, -0.2) is 29.9 Å². The predicted octanol–water partition coefficient (Wildman–Crippen LogP) is 3.27. The number of non-ortho nitro benzene ring substituents is 1. The number of ether oxygens (including phenoxy) is 1. The van der Waals surface area contributed by atoms with E-state index < -0.39 is 16.7 Å². The van der Waals surface area contributed by atoms with Crippen molar-refractivity contribution in [2.24, 2.45) is 0 Å². The van der Waals surface area contributed by atoms with Gasteiger partial charge < -0.3 is 10.1 Å². The van der Waals surface area contributed by atoms with Gasteiger partial charge in [0.25, 0.3) is 11.6 Å². The molecule has 0 bridgehead atoms. The van der Waals surface area contributed by atoms with E-state index in [0.717, 1.165) is 4.90 Å². The van der Waals surface area contributed by atoms with Crippen molar-refractivity contribution in [2.75, 3.05) is 23.4 Å². The molecule has 2 amide bonds. The van der Waals surface area contributed by atoms with Crippen LogP contribution < -0.4 is 15.0 Å². The highest BCUT2D eigenvalue weighted by molar-refractivity contribution is 6.35. The van der Waals surface area contributed by atoms with E-state index in [4.69, 9.17) is 27.9 Å². The zero-order valence-corrected chi connectivity index (χ0v) is 14.6. The van der Waals surface area contributed by atoms with Crippen LogP contribution in [0.15, 0.2) is 36.4 Å². The van der Waals surface area contributed by atoms with Crippen molar-refractivity contribution < 1.29 is 19.2 Å². The first-order valence-electron chi connectivity index (χ1n) is 7.31. The number of amides is 2. The van der Waals surface area contributed by atoms with E-state index in [1.165, 1.54) is 30.3 Å². The summed E-state index contributed by atoms with van der Waals surface area (Å²) in [6.45, 7) is -0.630. The van der Waals surface area contributed by atoms with Crippen LogP contribution in [-0.2, 0) is 9.59 Å². The monoisotopic (exact) mass is 395 g/mol. The molecule has 2 aromatic carbocycles. The number of carbonyl (C=O) groups is 2. The number of nitro benzene ring substituents is 1. The molecule has 0 unspecified atom stereocenters. The Bertz CT molecular complexity index is 919. The number of anilines is 2. The standard InChI is InChI=1S/C16H11Cl2N3O5/c17-9-1-3-11(18)12(5-9)19-15(22)7-20-13-6-10(21(24)25)2-4-14(13)26-8-16(20)23/h1-6H,7-8H2,(H,19,22). The van der Waals surface area contributed by atoms with Crippen molar-refractivity contribution >= 4 is 52.1 Å². The fourth-order valence-corrected chi connectivity index (χ4v) is 2.74. The molecule has 1 heterocycles. The summed E-state index contributed by atoms with van der Waals surface area (Å²) in [5.74, 6) is -0.754. The fraction of sp³-hybridized carbons (Fsp3) is 0.125. The molecule has 0 fully saturated rings. The van der Waals surface area contributed by atoms with Gasteiger partial charge in [0.1, 0.15) is 12.3 Å².